The maximum atomic E-state index is 11.0. The van der Waals surface area contributed by atoms with Crippen LogP contribution >= 0.6 is 55.1 Å². The maximum Gasteiger partial charge on any atom is 0.184 e. The van der Waals surface area contributed by atoms with Gasteiger partial charge in [-0.25, -0.2) is 4.21 Å². The molecule has 1 N–H and O–H groups in total. The van der Waals surface area contributed by atoms with Gasteiger partial charge >= 0.3 is 0 Å². The van der Waals surface area contributed by atoms with Crippen LogP contribution in [0.4, 0.5) is 0 Å². The average Bonchev–Trinajstić information content (AvgIpc) is 2.09. The van der Waals surface area contributed by atoms with Gasteiger partial charge in [0.1, 0.15) is 0 Å². The molecule has 0 aliphatic rings. The van der Waals surface area contributed by atoms with Crippen LogP contribution in [0.3, 0.4) is 0 Å². The minimum absolute atomic E-state index is 0.270. The first-order valence-electron chi connectivity index (χ1n) is 3.75. The summed E-state index contributed by atoms with van der Waals surface area (Å²) in [5.41, 5.74) is 0.734. The van der Waals surface area contributed by atoms with Gasteiger partial charge in [-0.15, -0.1) is 0 Å². The summed E-state index contributed by atoms with van der Waals surface area (Å²) in [5.74, 6) is 0. The summed E-state index contributed by atoms with van der Waals surface area (Å²) in [5, 5.41) is 1.000. The van der Waals surface area contributed by atoms with Crippen LogP contribution < -0.4 is 0 Å². The van der Waals surface area contributed by atoms with Crippen LogP contribution in [0.25, 0.3) is 0 Å². The van der Waals surface area contributed by atoms with Crippen LogP contribution in [-0.4, -0.2) is 11.3 Å². The molecule has 0 saturated carbocycles. The van der Waals surface area contributed by atoms with Crippen molar-refractivity contribution in [2.75, 3.05) is 0 Å². The highest BCUT2D eigenvalue weighted by atomic mass is 79.9. The van der Waals surface area contributed by atoms with Crippen molar-refractivity contribution in [1.82, 2.24) is 0 Å². The summed E-state index contributed by atoms with van der Waals surface area (Å²) in [4.78, 5) is 0. The van der Waals surface area contributed by atoms with Crippen molar-refractivity contribution in [3.05, 3.63) is 33.8 Å². The third-order valence-electron chi connectivity index (χ3n) is 1.67. The van der Waals surface area contributed by atoms with Crippen LogP contribution in [0.15, 0.2) is 18.2 Å². The molecule has 0 amide bonds. The van der Waals surface area contributed by atoms with E-state index in [4.69, 9.17) is 27.8 Å². The van der Waals surface area contributed by atoms with Crippen molar-refractivity contribution < 1.29 is 8.76 Å². The second kappa shape index (κ2) is 5.47. The van der Waals surface area contributed by atoms with Crippen molar-refractivity contribution >= 4 is 66.1 Å². The van der Waals surface area contributed by atoms with Gasteiger partial charge in [0.05, 0.1) is 0 Å². The molecule has 0 aromatic heterocycles. The van der Waals surface area contributed by atoms with E-state index in [2.05, 4.69) is 31.9 Å². The molecule has 1 aromatic carbocycles. The van der Waals surface area contributed by atoms with Crippen LogP contribution in [-0.2, 0) is 17.5 Å². The number of alkyl halides is 2. The highest BCUT2D eigenvalue weighted by molar-refractivity contribution is 9.27. The third kappa shape index (κ3) is 3.98. The van der Waals surface area contributed by atoms with Crippen LogP contribution in [0.2, 0.25) is 10.0 Å². The van der Waals surface area contributed by atoms with Gasteiger partial charge in [0.25, 0.3) is 0 Å². The molecule has 0 bridgehead atoms. The number of benzene rings is 1. The Labute approximate surface area is 117 Å². The zero-order chi connectivity index (χ0) is 11.6. The standard InChI is InChI=1S/C8H6Br2Cl2O2S/c9-8(10,15(13)14)4-5-1-2-6(11)3-7(5)12/h1-3H,4H2,(H,13,14). The Morgan fingerprint density at radius 2 is 2.00 bits per heavy atom. The van der Waals surface area contributed by atoms with Gasteiger partial charge in [-0.05, 0) is 17.7 Å². The Bertz CT molecular complexity index is 398. The average molecular weight is 397 g/mol. The van der Waals surface area contributed by atoms with Crippen molar-refractivity contribution in [2.45, 2.75) is 8.99 Å². The SMILES string of the molecule is O=S(O)C(Br)(Br)Cc1ccc(Cl)cc1Cl. The van der Waals surface area contributed by atoms with Gasteiger partial charge in [0.15, 0.2) is 13.6 Å². The quantitative estimate of drug-likeness (QED) is 0.614. The van der Waals surface area contributed by atoms with E-state index >= 15 is 0 Å². The van der Waals surface area contributed by atoms with Crippen molar-refractivity contribution in [2.24, 2.45) is 0 Å². The summed E-state index contributed by atoms with van der Waals surface area (Å²) in [6.45, 7) is 0. The molecule has 1 atom stereocenters. The minimum atomic E-state index is -2.05. The molecule has 1 unspecified atom stereocenters. The molecule has 84 valence electrons. The van der Waals surface area contributed by atoms with Gasteiger partial charge in [-0.2, -0.15) is 0 Å². The first kappa shape index (κ1) is 13.9. The molecule has 1 aromatic rings. The normalized spacial score (nSPS) is 13.9. The largest absolute Gasteiger partial charge is 0.304 e. The highest BCUT2D eigenvalue weighted by Gasteiger charge is 2.31. The second-order valence-electron chi connectivity index (χ2n) is 2.80. The Hall–Kier alpha value is 0.870. The molecular formula is C8H6Br2Cl2O2S. The number of hydrogen-bond donors (Lipinski definition) is 1. The van der Waals surface area contributed by atoms with E-state index in [9.17, 15) is 4.21 Å². The van der Waals surface area contributed by atoms with Crippen molar-refractivity contribution in [3.63, 3.8) is 0 Å². The van der Waals surface area contributed by atoms with Gasteiger partial charge in [0, 0.05) is 16.5 Å². The van der Waals surface area contributed by atoms with Crippen LogP contribution in [0.5, 0.6) is 0 Å². The van der Waals surface area contributed by atoms with Crippen molar-refractivity contribution in [1.29, 1.82) is 0 Å². The van der Waals surface area contributed by atoms with E-state index in [-0.39, 0.29) is 6.42 Å². The lowest BCUT2D eigenvalue weighted by atomic mass is 10.2. The maximum absolute atomic E-state index is 11.0. The molecule has 1 rings (SSSR count). The molecule has 0 radical (unpaired) electrons. The number of rotatable bonds is 3. The Kier molecular flexibility index (Phi) is 5.08. The second-order valence-corrected chi connectivity index (χ2v) is 9.66. The van der Waals surface area contributed by atoms with E-state index in [1.54, 1.807) is 18.2 Å². The molecule has 0 heterocycles. The molecule has 2 nitrogen and oxygen atoms in total. The van der Waals surface area contributed by atoms with Gasteiger partial charge < -0.3 is 4.55 Å². The van der Waals surface area contributed by atoms with Gasteiger partial charge in [-0.3, -0.25) is 0 Å². The fourth-order valence-corrected chi connectivity index (χ4v) is 2.31. The van der Waals surface area contributed by atoms with E-state index < -0.39 is 13.6 Å². The predicted octanol–water partition coefficient (Wildman–Crippen LogP) is 4.20. The summed E-state index contributed by atoms with van der Waals surface area (Å²) in [6, 6.07) is 4.99. The van der Waals surface area contributed by atoms with Crippen molar-refractivity contribution in [3.8, 4) is 0 Å². The lowest BCUT2D eigenvalue weighted by Gasteiger charge is -2.16. The fraction of sp³-hybridized carbons (Fsp3) is 0.250. The van der Waals surface area contributed by atoms with Crippen LogP contribution in [0, 0.1) is 0 Å². The Balaban J connectivity index is 2.95. The first-order valence-corrected chi connectivity index (χ1v) is 7.20. The topological polar surface area (TPSA) is 37.3 Å². The van der Waals surface area contributed by atoms with E-state index in [1.165, 1.54) is 0 Å². The first-order chi connectivity index (χ1) is 6.83. The van der Waals surface area contributed by atoms with E-state index in [0.717, 1.165) is 5.56 Å². The highest BCUT2D eigenvalue weighted by Crippen LogP contribution is 2.35. The zero-order valence-electron chi connectivity index (χ0n) is 7.21. The molecule has 0 aliphatic heterocycles. The third-order valence-corrected chi connectivity index (χ3v) is 5.13. The predicted molar refractivity (Wildman–Crippen MR) is 71.5 cm³/mol. The molecule has 15 heavy (non-hydrogen) atoms. The van der Waals surface area contributed by atoms with E-state index in [1.807, 2.05) is 0 Å². The number of hydrogen-bond acceptors (Lipinski definition) is 1. The minimum Gasteiger partial charge on any atom is -0.304 e. The lowest BCUT2D eigenvalue weighted by Crippen LogP contribution is -2.21. The molecule has 0 fully saturated rings. The lowest BCUT2D eigenvalue weighted by molar-refractivity contribution is 0.558. The summed E-state index contributed by atoms with van der Waals surface area (Å²) < 4.78 is 18.9. The van der Waals surface area contributed by atoms with Gasteiger partial charge in [0.2, 0.25) is 0 Å². The molecule has 0 saturated heterocycles. The fourth-order valence-electron chi connectivity index (χ4n) is 0.949. The Morgan fingerprint density at radius 3 is 2.47 bits per heavy atom. The van der Waals surface area contributed by atoms with E-state index in [0.29, 0.717) is 10.0 Å². The summed E-state index contributed by atoms with van der Waals surface area (Å²) in [6.07, 6.45) is 0.270. The molecule has 0 spiro atoms. The molecular weight excluding hydrogens is 391 g/mol. The van der Waals surface area contributed by atoms with Gasteiger partial charge in [-0.1, -0.05) is 61.1 Å². The summed E-state index contributed by atoms with van der Waals surface area (Å²) in [7, 11) is 0. The molecule has 7 heteroatoms. The summed E-state index contributed by atoms with van der Waals surface area (Å²) >= 11 is 15.8. The Morgan fingerprint density at radius 1 is 1.40 bits per heavy atom. The molecule has 0 aliphatic carbocycles. The van der Waals surface area contributed by atoms with Crippen LogP contribution in [0.1, 0.15) is 5.56 Å². The smallest absolute Gasteiger partial charge is 0.184 e. The monoisotopic (exact) mass is 394 g/mol. The number of halogens is 4. The zero-order valence-corrected chi connectivity index (χ0v) is 12.7.